The van der Waals surface area contributed by atoms with E-state index in [1.54, 1.807) is 18.5 Å². The fraction of sp³-hybridized carbons (Fsp3) is 0.100. The van der Waals surface area contributed by atoms with Gasteiger partial charge in [0.2, 0.25) is 0 Å². The lowest BCUT2D eigenvalue weighted by molar-refractivity contribution is 1.07. The van der Waals surface area contributed by atoms with Crippen molar-refractivity contribution in [3.63, 3.8) is 0 Å². The Morgan fingerprint density at radius 1 is 1.40 bits per heavy atom. The molecule has 4 nitrogen and oxygen atoms in total. The molecule has 5 heteroatoms. The summed E-state index contributed by atoms with van der Waals surface area (Å²) in [5.41, 5.74) is 1.03. The van der Waals surface area contributed by atoms with Crippen LogP contribution >= 0.6 is 11.6 Å². The number of hydrogen-bond acceptors (Lipinski definition) is 3. The van der Waals surface area contributed by atoms with Gasteiger partial charge in [-0.3, -0.25) is 9.78 Å². The molecule has 76 valence electrons. The van der Waals surface area contributed by atoms with Crippen LogP contribution < -0.4 is 5.56 Å². The van der Waals surface area contributed by atoms with Crippen molar-refractivity contribution >= 4 is 11.6 Å². The Morgan fingerprint density at radius 3 is 2.87 bits per heavy atom. The first-order valence-corrected chi connectivity index (χ1v) is 4.89. The highest BCUT2D eigenvalue weighted by molar-refractivity contribution is 6.17. The van der Waals surface area contributed by atoms with Gasteiger partial charge in [-0.2, -0.15) is 0 Å². The minimum absolute atomic E-state index is 0.162. The van der Waals surface area contributed by atoms with Crippen LogP contribution in [0.25, 0.3) is 11.4 Å². The van der Waals surface area contributed by atoms with Gasteiger partial charge in [-0.25, -0.2) is 4.98 Å². The molecule has 2 aromatic heterocycles. The lowest BCUT2D eigenvalue weighted by Gasteiger charge is -2.00. The minimum Gasteiger partial charge on any atom is -0.306 e. The lowest BCUT2D eigenvalue weighted by atomic mass is 10.2. The Bertz CT molecular complexity index is 510. The number of H-pyrrole nitrogens is 1. The zero-order chi connectivity index (χ0) is 10.7. The largest absolute Gasteiger partial charge is 0.306 e. The van der Waals surface area contributed by atoms with Crippen LogP contribution in [0.4, 0.5) is 0 Å². The zero-order valence-electron chi connectivity index (χ0n) is 7.77. The van der Waals surface area contributed by atoms with E-state index in [4.69, 9.17) is 11.6 Å². The fourth-order valence-corrected chi connectivity index (χ4v) is 1.36. The number of alkyl halides is 1. The van der Waals surface area contributed by atoms with E-state index < -0.39 is 0 Å². The third-order valence-electron chi connectivity index (χ3n) is 1.95. The number of nitrogens with one attached hydrogen (secondary N) is 1. The normalized spacial score (nSPS) is 10.2. The summed E-state index contributed by atoms with van der Waals surface area (Å²) in [6, 6.07) is 3.61. The van der Waals surface area contributed by atoms with E-state index in [0.29, 0.717) is 11.4 Å². The molecule has 0 saturated heterocycles. The van der Waals surface area contributed by atoms with Crippen LogP contribution in [0.1, 0.15) is 5.56 Å². The van der Waals surface area contributed by atoms with E-state index in [1.807, 2.05) is 6.07 Å². The molecule has 0 spiro atoms. The summed E-state index contributed by atoms with van der Waals surface area (Å²) in [7, 11) is 0. The number of rotatable bonds is 2. The van der Waals surface area contributed by atoms with Gasteiger partial charge in [-0.1, -0.05) is 0 Å². The molecule has 0 aliphatic heterocycles. The average molecular weight is 222 g/mol. The first-order valence-electron chi connectivity index (χ1n) is 4.36. The summed E-state index contributed by atoms with van der Waals surface area (Å²) in [6.45, 7) is 0. The standard InChI is InChI=1S/C10H8ClN3O/c11-4-8-6-13-9(14-10(8)15)7-2-1-3-12-5-7/h1-3,5-6H,4H2,(H,13,14,15). The van der Waals surface area contributed by atoms with Crippen LogP contribution in [-0.4, -0.2) is 15.0 Å². The summed E-state index contributed by atoms with van der Waals surface area (Å²) in [5, 5.41) is 0. The van der Waals surface area contributed by atoms with Crippen LogP contribution in [0.3, 0.4) is 0 Å². The SMILES string of the molecule is O=c1[nH]c(-c2cccnc2)ncc1CCl. The summed E-state index contributed by atoms with van der Waals surface area (Å²) in [4.78, 5) is 22.1. The number of hydrogen-bond donors (Lipinski definition) is 1. The van der Waals surface area contributed by atoms with E-state index >= 15 is 0 Å². The molecule has 0 radical (unpaired) electrons. The Balaban J connectivity index is 2.48. The van der Waals surface area contributed by atoms with E-state index in [9.17, 15) is 4.79 Å². The monoisotopic (exact) mass is 221 g/mol. The first-order chi connectivity index (χ1) is 7.31. The predicted octanol–water partition coefficient (Wildman–Crippen LogP) is 1.57. The maximum Gasteiger partial charge on any atom is 0.255 e. The van der Waals surface area contributed by atoms with Crippen molar-refractivity contribution in [2.24, 2.45) is 0 Å². The van der Waals surface area contributed by atoms with Crippen molar-refractivity contribution in [2.75, 3.05) is 0 Å². The summed E-state index contributed by atoms with van der Waals surface area (Å²) >= 11 is 5.56. The van der Waals surface area contributed by atoms with Crippen LogP contribution in [0.15, 0.2) is 35.5 Å². The van der Waals surface area contributed by atoms with Gasteiger partial charge in [-0.15, -0.1) is 11.6 Å². The highest BCUT2D eigenvalue weighted by Crippen LogP contribution is 2.10. The maximum atomic E-state index is 11.4. The molecule has 0 aliphatic rings. The molecule has 2 aromatic rings. The molecule has 0 bridgehead atoms. The van der Waals surface area contributed by atoms with Crippen LogP contribution in [0, 0.1) is 0 Å². The van der Waals surface area contributed by atoms with E-state index in [1.165, 1.54) is 6.20 Å². The molecule has 15 heavy (non-hydrogen) atoms. The molecule has 2 rings (SSSR count). The second-order valence-corrected chi connectivity index (χ2v) is 3.23. The van der Waals surface area contributed by atoms with Crippen LogP contribution in [0.2, 0.25) is 0 Å². The second-order valence-electron chi connectivity index (χ2n) is 2.96. The Kier molecular flexibility index (Phi) is 2.78. The summed E-state index contributed by atoms with van der Waals surface area (Å²) < 4.78 is 0. The molecule has 0 atom stereocenters. The number of aromatic amines is 1. The second kappa shape index (κ2) is 4.23. The Labute approximate surface area is 91.0 Å². The van der Waals surface area contributed by atoms with Crippen molar-refractivity contribution < 1.29 is 0 Å². The predicted molar refractivity (Wildman–Crippen MR) is 57.6 cm³/mol. The molecule has 0 aliphatic carbocycles. The maximum absolute atomic E-state index is 11.4. The molecule has 0 unspecified atom stereocenters. The van der Waals surface area contributed by atoms with Crippen LogP contribution in [-0.2, 0) is 5.88 Å². The van der Waals surface area contributed by atoms with E-state index in [2.05, 4.69) is 15.0 Å². The van der Waals surface area contributed by atoms with E-state index in [0.717, 1.165) is 5.56 Å². The van der Waals surface area contributed by atoms with Crippen molar-refractivity contribution in [1.29, 1.82) is 0 Å². The Morgan fingerprint density at radius 2 is 2.27 bits per heavy atom. The van der Waals surface area contributed by atoms with Crippen molar-refractivity contribution in [2.45, 2.75) is 5.88 Å². The van der Waals surface area contributed by atoms with Gasteiger partial charge in [0.25, 0.3) is 5.56 Å². The zero-order valence-corrected chi connectivity index (χ0v) is 8.53. The molecule has 1 N–H and O–H groups in total. The van der Waals surface area contributed by atoms with Gasteiger partial charge in [0.15, 0.2) is 0 Å². The molecule has 2 heterocycles. The first kappa shape index (κ1) is 9.86. The number of nitrogens with zero attached hydrogens (tertiary/aromatic N) is 2. The van der Waals surface area contributed by atoms with Gasteiger partial charge < -0.3 is 4.98 Å². The molecule has 0 saturated carbocycles. The van der Waals surface area contributed by atoms with Crippen molar-refractivity contribution in [3.05, 3.63) is 46.6 Å². The molecule has 0 aromatic carbocycles. The third kappa shape index (κ3) is 2.05. The van der Waals surface area contributed by atoms with Gasteiger partial charge >= 0.3 is 0 Å². The minimum atomic E-state index is -0.209. The molecular formula is C10H8ClN3O. The third-order valence-corrected chi connectivity index (χ3v) is 2.24. The number of pyridine rings is 1. The number of aromatic nitrogens is 3. The average Bonchev–Trinajstić information content (AvgIpc) is 2.30. The van der Waals surface area contributed by atoms with Gasteiger partial charge in [0.05, 0.1) is 11.4 Å². The van der Waals surface area contributed by atoms with E-state index in [-0.39, 0.29) is 11.4 Å². The summed E-state index contributed by atoms with van der Waals surface area (Å²) in [5.74, 6) is 0.664. The highest BCUT2D eigenvalue weighted by Gasteiger charge is 2.03. The number of halogens is 1. The summed E-state index contributed by atoms with van der Waals surface area (Å²) in [6.07, 6.45) is 4.78. The fourth-order valence-electron chi connectivity index (χ4n) is 1.17. The van der Waals surface area contributed by atoms with Gasteiger partial charge in [0, 0.05) is 24.2 Å². The molecular weight excluding hydrogens is 214 g/mol. The van der Waals surface area contributed by atoms with Crippen LogP contribution in [0.5, 0.6) is 0 Å². The molecule has 0 fully saturated rings. The quantitative estimate of drug-likeness (QED) is 0.784. The van der Waals surface area contributed by atoms with Crippen molar-refractivity contribution in [1.82, 2.24) is 15.0 Å². The van der Waals surface area contributed by atoms with Gasteiger partial charge in [0.1, 0.15) is 5.82 Å². The highest BCUT2D eigenvalue weighted by atomic mass is 35.5. The topological polar surface area (TPSA) is 58.6 Å². The Hall–Kier alpha value is -1.68. The lowest BCUT2D eigenvalue weighted by Crippen LogP contribution is -2.13. The van der Waals surface area contributed by atoms with Crippen molar-refractivity contribution in [3.8, 4) is 11.4 Å². The smallest absolute Gasteiger partial charge is 0.255 e. The molecule has 0 amide bonds. The van der Waals surface area contributed by atoms with Gasteiger partial charge in [-0.05, 0) is 12.1 Å².